The number of carboxylic acids is 1. The van der Waals surface area contributed by atoms with Gasteiger partial charge in [-0.1, -0.05) is 83.6 Å². The van der Waals surface area contributed by atoms with Crippen molar-refractivity contribution >= 4 is 5.97 Å². The van der Waals surface area contributed by atoms with E-state index in [0.717, 1.165) is 36.8 Å². The molecule has 30 heavy (non-hydrogen) atoms. The van der Waals surface area contributed by atoms with Crippen LogP contribution in [0.5, 0.6) is 5.75 Å². The van der Waals surface area contributed by atoms with E-state index in [1.54, 1.807) is 12.4 Å². The van der Waals surface area contributed by atoms with Crippen molar-refractivity contribution in [3.63, 3.8) is 0 Å². The number of ether oxygens (including phenoxy) is 1. The van der Waals surface area contributed by atoms with Crippen LogP contribution in [0.2, 0.25) is 0 Å². The molecule has 0 saturated heterocycles. The van der Waals surface area contributed by atoms with Gasteiger partial charge < -0.3 is 9.84 Å². The van der Waals surface area contributed by atoms with Crippen LogP contribution in [-0.4, -0.2) is 27.7 Å². The normalized spacial score (nSPS) is 13.0. The molecule has 0 radical (unpaired) electrons. The maximum Gasteiger partial charge on any atom is 0.307 e. The summed E-state index contributed by atoms with van der Waals surface area (Å²) in [6, 6.07) is 7.94. The van der Waals surface area contributed by atoms with Gasteiger partial charge in [0.25, 0.3) is 0 Å². The lowest BCUT2D eigenvalue weighted by atomic mass is 9.83. The van der Waals surface area contributed by atoms with Gasteiger partial charge >= 0.3 is 5.97 Å². The summed E-state index contributed by atoms with van der Waals surface area (Å²) in [4.78, 5) is 20.6. The number of aliphatic carboxylic acids is 1. The Hall–Kier alpha value is -2.43. The molecule has 2 aromatic rings. The molecule has 1 aromatic carbocycles. The molecule has 1 aromatic heterocycles. The maximum absolute atomic E-state index is 11.8. The number of carboxylic acid groups (broad SMARTS) is 1. The van der Waals surface area contributed by atoms with E-state index in [9.17, 15) is 9.90 Å². The third-order valence-electron chi connectivity index (χ3n) is 5.59. The summed E-state index contributed by atoms with van der Waals surface area (Å²) in [5, 5.41) is 9.73. The highest BCUT2D eigenvalue weighted by atomic mass is 16.5. The zero-order valence-corrected chi connectivity index (χ0v) is 18.6. The summed E-state index contributed by atoms with van der Waals surface area (Å²) in [6.45, 7) is 6.93. The fourth-order valence-corrected chi connectivity index (χ4v) is 3.66. The summed E-state index contributed by atoms with van der Waals surface area (Å²) in [6.07, 6.45) is 12.1. The average molecular weight is 413 g/mol. The molecule has 0 saturated carbocycles. The molecule has 5 nitrogen and oxygen atoms in total. The van der Waals surface area contributed by atoms with E-state index in [1.807, 2.05) is 31.2 Å². The lowest BCUT2D eigenvalue weighted by Crippen LogP contribution is -2.20. The number of carbonyl (C=O) groups is 1. The van der Waals surface area contributed by atoms with E-state index in [1.165, 1.54) is 25.7 Å². The summed E-state index contributed by atoms with van der Waals surface area (Å²) in [5.41, 5.74) is 1.95. The summed E-state index contributed by atoms with van der Waals surface area (Å²) >= 11 is 0. The third kappa shape index (κ3) is 7.43. The number of benzene rings is 1. The standard InChI is InChI=1S/C25H36N2O3/c1-4-6-7-8-9-10-11-23(25(28)29)19(3)20-12-14-21(15-13-20)24-26-17-22(18-27-24)30-16-5-2/h12-15,17-19,23H,4-11,16H2,1-3H3,(H,28,29). The van der Waals surface area contributed by atoms with Gasteiger partial charge in [-0.15, -0.1) is 0 Å². The summed E-state index contributed by atoms with van der Waals surface area (Å²) in [7, 11) is 0. The van der Waals surface area contributed by atoms with E-state index in [4.69, 9.17) is 4.74 Å². The molecule has 0 bridgehead atoms. The van der Waals surface area contributed by atoms with Crippen molar-refractivity contribution in [2.45, 2.75) is 78.1 Å². The van der Waals surface area contributed by atoms with Crippen molar-refractivity contribution in [2.75, 3.05) is 6.61 Å². The van der Waals surface area contributed by atoms with Gasteiger partial charge in [0.1, 0.15) is 0 Å². The van der Waals surface area contributed by atoms with E-state index in [0.29, 0.717) is 18.2 Å². The predicted octanol–water partition coefficient (Wildman–Crippen LogP) is 6.49. The number of rotatable bonds is 14. The van der Waals surface area contributed by atoms with Gasteiger partial charge in [0.05, 0.1) is 24.9 Å². The average Bonchev–Trinajstić information content (AvgIpc) is 2.77. The molecule has 0 spiro atoms. The molecular formula is C25H36N2O3. The second-order valence-electron chi connectivity index (χ2n) is 8.00. The van der Waals surface area contributed by atoms with Gasteiger partial charge in [-0.2, -0.15) is 0 Å². The minimum atomic E-state index is -0.703. The third-order valence-corrected chi connectivity index (χ3v) is 5.59. The molecule has 0 aliphatic heterocycles. The Morgan fingerprint density at radius 2 is 1.60 bits per heavy atom. The van der Waals surface area contributed by atoms with Crippen molar-refractivity contribution < 1.29 is 14.6 Å². The molecule has 2 rings (SSSR count). The fraction of sp³-hybridized carbons (Fsp3) is 0.560. The second kappa shape index (κ2) is 13.0. The largest absolute Gasteiger partial charge is 0.490 e. The first-order valence-corrected chi connectivity index (χ1v) is 11.3. The molecule has 0 fully saturated rings. The lowest BCUT2D eigenvalue weighted by molar-refractivity contribution is -0.142. The summed E-state index contributed by atoms with van der Waals surface area (Å²) < 4.78 is 5.52. The number of hydrogen-bond donors (Lipinski definition) is 1. The number of hydrogen-bond acceptors (Lipinski definition) is 4. The number of unbranched alkanes of at least 4 members (excludes halogenated alkanes) is 5. The molecule has 164 valence electrons. The molecule has 0 aliphatic carbocycles. The highest BCUT2D eigenvalue weighted by Gasteiger charge is 2.25. The van der Waals surface area contributed by atoms with Crippen LogP contribution in [0.25, 0.3) is 11.4 Å². The van der Waals surface area contributed by atoms with Crippen LogP contribution in [0, 0.1) is 5.92 Å². The van der Waals surface area contributed by atoms with Crippen LogP contribution >= 0.6 is 0 Å². The molecule has 0 amide bonds. The molecule has 2 unspecified atom stereocenters. The predicted molar refractivity (Wildman–Crippen MR) is 121 cm³/mol. The minimum absolute atomic E-state index is 0.0297. The van der Waals surface area contributed by atoms with E-state index < -0.39 is 5.97 Å². The van der Waals surface area contributed by atoms with Gasteiger partial charge in [0.2, 0.25) is 0 Å². The smallest absolute Gasteiger partial charge is 0.307 e. The van der Waals surface area contributed by atoms with Crippen molar-refractivity contribution in [3.05, 3.63) is 42.2 Å². The van der Waals surface area contributed by atoms with Gasteiger partial charge in [-0.25, -0.2) is 9.97 Å². The van der Waals surface area contributed by atoms with E-state index >= 15 is 0 Å². The molecule has 0 aliphatic rings. The van der Waals surface area contributed by atoms with Crippen LogP contribution < -0.4 is 4.74 Å². The Labute approximate surface area is 180 Å². The summed E-state index contributed by atoms with van der Waals surface area (Å²) in [5.74, 6) is 0.224. The Kier molecular flexibility index (Phi) is 10.3. The highest BCUT2D eigenvalue weighted by molar-refractivity contribution is 5.71. The van der Waals surface area contributed by atoms with Gasteiger partial charge in [-0.05, 0) is 24.3 Å². The highest BCUT2D eigenvalue weighted by Crippen LogP contribution is 2.30. The van der Waals surface area contributed by atoms with Crippen molar-refractivity contribution in [2.24, 2.45) is 5.92 Å². The molecule has 1 heterocycles. The Balaban J connectivity index is 1.96. The molecular weight excluding hydrogens is 376 g/mol. The monoisotopic (exact) mass is 412 g/mol. The van der Waals surface area contributed by atoms with Crippen LogP contribution in [0.4, 0.5) is 0 Å². The van der Waals surface area contributed by atoms with E-state index in [-0.39, 0.29) is 11.8 Å². The minimum Gasteiger partial charge on any atom is -0.490 e. The SMILES string of the molecule is CCCCCCCCC(C(=O)O)C(C)c1ccc(-c2ncc(OCCC)cn2)cc1. The van der Waals surface area contributed by atoms with Crippen molar-refractivity contribution in [1.82, 2.24) is 9.97 Å². The first-order valence-electron chi connectivity index (χ1n) is 11.3. The van der Waals surface area contributed by atoms with Crippen LogP contribution in [0.1, 0.15) is 83.6 Å². The van der Waals surface area contributed by atoms with Crippen LogP contribution in [0.15, 0.2) is 36.7 Å². The molecule has 5 heteroatoms. The number of nitrogens with zero attached hydrogens (tertiary/aromatic N) is 2. The molecule has 1 N–H and O–H groups in total. The molecule has 2 atom stereocenters. The van der Waals surface area contributed by atoms with Gasteiger partial charge in [0.15, 0.2) is 11.6 Å². The fourth-order valence-electron chi connectivity index (χ4n) is 3.66. The quantitative estimate of drug-likeness (QED) is 0.359. The van der Waals surface area contributed by atoms with Gasteiger partial charge in [-0.3, -0.25) is 4.79 Å². The second-order valence-corrected chi connectivity index (χ2v) is 8.00. The van der Waals surface area contributed by atoms with Crippen LogP contribution in [-0.2, 0) is 4.79 Å². The first-order chi connectivity index (χ1) is 14.6. The maximum atomic E-state index is 11.8. The first kappa shape index (κ1) is 23.8. The Bertz CT molecular complexity index is 744. The van der Waals surface area contributed by atoms with Crippen molar-refractivity contribution in [1.29, 1.82) is 0 Å². The lowest BCUT2D eigenvalue weighted by Gasteiger charge is -2.21. The zero-order chi connectivity index (χ0) is 21.8. The number of aromatic nitrogens is 2. The Morgan fingerprint density at radius 3 is 2.20 bits per heavy atom. The van der Waals surface area contributed by atoms with Gasteiger partial charge in [0, 0.05) is 5.56 Å². The zero-order valence-electron chi connectivity index (χ0n) is 18.6. The Morgan fingerprint density at radius 1 is 0.967 bits per heavy atom. The van der Waals surface area contributed by atoms with Crippen molar-refractivity contribution in [3.8, 4) is 17.1 Å². The van der Waals surface area contributed by atoms with Crippen LogP contribution in [0.3, 0.4) is 0 Å². The van der Waals surface area contributed by atoms with E-state index in [2.05, 4.69) is 23.8 Å². The topological polar surface area (TPSA) is 72.3 Å².